The minimum Gasteiger partial charge on any atom is -0.378 e. The predicted molar refractivity (Wildman–Crippen MR) is 104 cm³/mol. The predicted octanol–water partition coefficient (Wildman–Crippen LogP) is 4.40. The Hall–Kier alpha value is -0.870. The van der Waals surface area contributed by atoms with Crippen LogP contribution in [-0.2, 0) is 10.2 Å². The topological polar surface area (TPSA) is 24.8 Å². The molecule has 4 heteroatoms. The fourth-order valence-electron chi connectivity index (χ4n) is 6.36. The van der Waals surface area contributed by atoms with Gasteiger partial charge in [0.1, 0.15) is 0 Å². The second-order valence-electron chi connectivity index (χ2n) is 8.47. The van der Waals surface area contributed by atoms with Crippen LogP contribution < -0.4 is 0 Å². The smallest absolute Gasteiger partial charge is 0.0998 e. The number of hydrogen-bond acceptors (Lipinski definition) is 3. The molecule has 4 aliphatic rings. The van der Waals surface area contributed by atoms with E-state index in [4.69, 9.17) is 9.73 Å². The van der Waals surface area contributed by atoms with Gasteiger partial charge in [-0.05, 0) is 55.2 Å². The molecule has 25 heavy (non-hydrogen) atoms. The molecule has 0 aromatic heterocycles. The minimum atomic E-state index is 0.122. The Morgan fingerprint density at radius 3 is 2.60 bits per heavy atom. The number of halogens is 1. The van der Waals surface area contributed by atoms with Gasteiger partial charge in [-0.15, -0.1) is 0 Å². The van der Waals surface area contributed by atoms with Crippen molar-refractivity contribution < 1.29 is 4.74 Å². The van der Waals surface area contributed by atoms with Gasteiger partial charge in [0.15, 0.2) is 0 Å². The fourth-order valence-corrected chi connectivity index (χ4v) is 6.63. The molecular formula is C21H27BrN2O. The number of benzene rings is 1. The zero-order chi connectivity index (χ0) is 17.1. The summed E-state index contributed by atoms with van der Waals surface area (Å²) in [5, 5.41) is 0. The minimum absolute atomic E-state index is 0.122. The van der Waals surface area contributed by atoms with E-state index in [0.717, 1.165) is 44.6 Å². The lowest BCUT2D eigenvalue weighted by atomic mass is 9.58. The van der Waals surface area contributed by atoms with Gasteiger partial charge in [0.25, 0.3) is 0 Å². The Morgan fingerprint density at radius 1 is 1.12 bits per heavy atom. The summed E-state index contributed by atoms with van der Waals surface area (Å²) in [6.45, 7) is 6.24. The summed E-state index contributed by atoms with van der Waals surface area (Å²) in [5.41, 5.74) is 1.80. The van der Waals surface area contributed by atoms with Crippen molar-refractivity contribution in [2.24, 2.45) is 16.8 Å². The van der Waals surface area contributed by atoms with Crippen molar-refractivity contribution in [3.63, 3.8) is 0 Å². The molecule has 2 aliphatic carbocycles. The third kappa shape index (κ3) is 2.22. The van der Waals surface area contributed by atoms with E-state index in [-0.39, 0.29) is 11.0 Å². The molecule has 4 unspecified atom stereocenters. The van der Waals surface area contributed by atoms with Crippen molar-refractivity contribution in [3.05, 3.63) is 34.3 Å². The van der Waals surface area contributed by atoms with Crippen LogP contribution in [0.4, 0.5) is 0 Å². The third-order valence-electron chi connectivity index (χ3n) is 7.70. The molecule has 0 N–H and O–H groups in total. The summed E-state index contributed by atoms with van der Waals surface area (Å²) in [5.74, 6) is 2.91. The van der Waals surface area contributed by atoms with Gasteiger partial charge in [0.2, 0.25) is 0 Å². The Labute approximate surface area is 159 Å². The summed E-state index contributed by atoms with van der Waals surface area (Å²) >= 11 is 3.60. The van der Waals surface area contributed by atoms with Crippen LogP contribution >= 0.6 is 15.9 Å². The molecule has 2 heterocycles. The number of hydrogen-bond donors (Lipinski definition) is 0. The first-order valence-electron chi connectivity index (χ1n) is 9.81. The van der Waals surface area contributed by atoms with E-state index < -0.39 is 0 Å². The van der Waals surface area contributed by atoms with Crippen LogP contribution in [0, 0.1) is 11.8 Å². The van der Waals surface area contributed by atoms with E-state index >= 15 is 0 Å². The second-order valence-corrected chi connectivity index (χ2v) is 9.38. The number of rotatable bonds is 1. The number of morpholine rings is 1. The lowest BCUT2D eigenvalue weighted by Crippen LogP contribution is -2.51. The molecule has 1 aromatic carbocycles. The molecule has 134 valence electrons. The molecule has 4 atom stereocenters. The molecule has 5 rings (SSSR count). The van der Waals surface area contributed by atoms with Crippen LogP contribution in [0.25, 0.3) is 0 Å². The fraction of sp³-hybridized carbons (Fsp3) is 0.667. The highest BCUT2D eigenvalue weighted by atomic mass is 79.9. The van der Waals surface area contributed by atoms with Gasteiger partial charge in [0, 0.05) is 29.4 Å². The third-order valence-corrected chi connectivity index (χ3v) is 8.23. The van der Waals surface area contributed by atoms with Gasteiger partial charge < -0.3 is 9.64 Å². The molecule has 0 amide bonds. The zero-order valence-corrected chi connectivity index (χ0v) is 16.6. The maximum atomic E-state index is 5.55. The number of ether oxygens (including phenoxy) is 1. The first kappa shape index (κ1) is 16.3. The monoisotopic (exact) mass is 402 g/mol. The SMILES string of the molecule is CC1(c2ccc(Br)cc2)C2CCC(C2)C12CCC(N1CCOCC1)=N2. The summed E-state index contributed by atoms with van der Waals surface area (Å²) in [7, 11) is 0. The standard InChI is InChI=1S/C21H27BrN2O/c1-20(15-4-6-18(22)7-5-15)16-2-3-17(14-16)21(20)9-8-19(23-21)24-10-12-25-13-11-24/h4-7,16-17H,2-3,8-14H2,1H3. The van der Waals surface area contributed by atoms with E-state index in [9.17, 15) is 0 Å². The number of amidine groups is 1. The molecule has 1 aromatic rings. The molecule has 3 fully saturated rings. The zero-order valence-electron chi connectivity index (χ0n) is 15.0. The number of nitrogens with zero attached hydrogens (tertiary/aromatic N) is 2. The van der Waals surface area contributed by atoms with Crippen molar-refractivity contribution in [2.75, 3.05) is 26.3 Å². The van der Waals surface area contributed by atoms with Crippen LogP contribution in [0.5, 0.6) is 0 Å². The van der Waals surface area contributed by atoms with E-state index in [1.54, 1.807) is 0 Å². The van der Waals surface area contributed by atoms with Gasteiger partial charge in [0.05, 0.1) is 24.6 Å². The van der Waals surface area contributed by atoms with Gasteiger partial charge in [-0.3, -0.25) is 4.99 Å². The average Bonchev–Trinajstić information content (AvgIpc) is 3.35. The lowest BCUT2D eigenvalue weighted by molar-refractivity contribution is 0.0673. The van der Waals surface area contributed by atoms with E-state index in [1.165, 1.54) is 41.6 Å². The maximum Gasteiger partial charge on any atom is 0.0998 e. The van der Waals surface area contributed by atoms with E-state index in [2.05, 4.69) is 52.0 Å². The van der Waals surface area contributed by atoms with Crippen molar-refractivity contribution in [1.29, 1.82) is 0 Å². The molecule has 2 saturated carbocycles. The van der Waals surface area contributed by atoms with Crippen LogP contribution in [0.15, 0.2) is 33.7 Å². The number of aliphatic imine (C=N–C) groups is 1. The van der Waals surface area contributed by atoms with E-state index in [1.807, 2.05) is 0 Å². The summed E-state index contributed by atoms with van der Waals surface area (Å²) in [6, 6.07) is 9.10. The summed E-state index contributed by atoms with van der Waals surface area (Å²) in [4.78, 5) is 8.04. The Bertz CT molecular complexity index is 696. The van der Waals surface area contributed by atoms with Crippen molar-refractivity contribution in [2.45, 2.75) is 50.0 Å². The Morgan fingerprint density at radius 2 is 1.84 bits per heavy atom. The number of fused-ring (bicyclic) bond motifs is 3. The Kier molecular flexibility index (Phi) is 3.80. The molecule has 2 bridgehead atoms. The van der Waals surface area contributed by atoms with Crippen LogP contribution in [0.3, 0.4) is 0 Å². The highest BCUT2D eigenvalue weighted by Crippen LogP contribution is 2.66. The summed E-state index contributed by atoms with van der Waals surface area (Å²) in [6.07, 6.45) is 6.49. The molecule has 3 nitrogen and oxygen atoms in total. The molecular weight excluding hydrogens is 376 g/mol. The first-order chi connectivity index (χ1) is 12.1. The van der Waals surface area contributed by atoms with Crippen molar-refractivity contribution in [1.82, 2.24) is 4.90 Å². The van der Waals surface area contributed by atoms with Gasteiger partial charge in [-0.1, -0.05) is 35.0 Å². The van der Waals surface area contributed by atoms with Gasteiger partial charge in [-0.25, -0.2) is 0 Å². The van der Waals surface area contributed by atoms with Gasteiger partial charge >= 0.3 is 0 Å². The van der Waals surface area contributed by atoms with Crippen LogP contribution in [-0.4, -0.2) is 42.6 Å². The Balaban J connectivity index is 1.56. The van der Waals surface area contributed by atoms with E-state index in [0.29, 0.717) is 0 Å². The molecule has 2 aliphatic heterocycles. The van der Waals surface area contributed by atoms with Crippen LogP contribution in [0.2, 0.25) is 0 Å². The van der Waals surface area contributed by atoms with Crippen molar-refractivity contribution >= 4 is 21.8 Å². The van der Waals surface area contributed by atoms with Crippen LogP contribution in [0.1, 0.15) is 44.6 Å². The average molecular weight is 403 g/mol. The first-order valence-corrected chi connectivity index (χ1v) is 10.6. The second kappa shape index (κ2) is 5.82. The lowest BCUT2D eigenvalue weighted by Gasteiger charge is -2.48. The normalized spacial score (nSPS) is 40.1. The maximum absolute atomic E-state index is 5.55. The molecule has 1 saturated heterocycles. The molecule has 1 spiro atoms. The highest BCUT2D eigenvalue weighted by Gasteiger charge is 2.67. The highest BCUT2D eigenvalue weighted by molar-refractivity contribution is 9.10. The summed E-state index contributed by atoms with van der Waals surface area (Å²) < 4.78 is 6.71. The quantitative estimate of drug-likeness (QED) is 0.695. The van der Waals surface area contributed by atoms with Crippen molar-refractivity contribution in [3.8, 4) is 0 Å². The largest absolute Gasteiger partial charge is 0.378 e. The molecule has 0 radical (unpaired) electrons. The van der Waals surface area contributed by atoms with Gasteiger partial charge in [-0.2, -0.15) is 0 Å².